The number of pyridine rings is 1. The summed E-state index contributed by atoms with van der Waals surface area (Å²) in [6, 6.07) is 15.4. The zero-order valence-corrected chi connectivity index (χ0v) is 15.0. The number of rotatable bonds is 1. The highest BCUT2D eigenvalue weighted by molar-refractivity contribution is 9.10. The Morgan fingerprint density at radius 2 is 1.67 bits per heavy atom. The molecule has 0 aliphatic carbocycles. The summed E-state index contributed by atoms with van der Waals surface area (Å²) >= 11 is 3.66. The van der Waals surface area contributed by atoms with Gasteiger partial charge in [-0.15, -0.1) is 0 Å². The number of nitrogens with zero attached hydrogens (tertiary/aromatic N) is 3. The Kier molecular flexibility index (Phi) is 3.27. The number of benzene rings is 2. The third-order valence-corrected chi connectivity index (χ3v) is 5.68. The van der Waals surface area contributed by atoms with Crippen LogP contribution in [0.2, 0.25) is 0 Å². The maximum Gasteiger partial charge on any atom is 0.146 e. The van der Waals surface area contributed by atoms with Crippen molar-refractivity contribution in [1.82, 2.24) is 9.38 Å². The molecule has 4 heteroatoms. The van der Waals surface area contributed by atoms with Crippen molar-refractivity contribution in [2.75, 3.05) is 18.0 Å². The Bertz CT molecular complexity index is 1060. The van der Waals surface area contributed by atoms with Gasteiger partial charge in [-0.1, -0.05) is 24.3 Å². The molecular weight excluding hydrogens is 362 g/mol. The van der Waals surface area contributed by atoms with E-state index in [9.17, 15) is 0 Å². The molecule has 0 radical (unpaired) electrons. The van der Waals surface area contributed by atoms with Gasteiger partial charge in [0.1, 0.15) is 10.3 Å². The van der Waals surface area contributed by atoms with Gasteiger partial charge in [0.15, 0.2) is 0 Å². The second-order valence-corrected chi connectivity index (χ2v) is 7.35. The molecule has 3 heterocycles. The van der Waals surface area contributed by atoms with Crippen molar-refractivity contribution >= 4 is 48.9 Å². The first-order valence-corrected chi connectivity index (χ1v) is 9.34. The molecule has 0 saturated carbocycles. The zero-order chi connectivity index (χ0) is 16.1. The molecule has 120 valence electrons. The minimum Gasteiger partial charge on any atom is -0.372 e. The molecule has 4 aromatic rings. The molecule has 0 spiro atoms. The van der Waals surface area contributed by atoms with E-state index in [1.54, 1.807) is 0 Å². The molecule has 1 aliphatic rings. The first-order valence-electron chi connectivity index (χ1n) is 8.55. The van der Waals surface area contributed by atoms with Crippen molar-refractivity contribution < 1.29 is 0 Å². The number of hydrogen-bond donors (Lipinski definition) is 0. The number of hydrogen-bond acceptors (Lipinski definition) is 2. The van der Waals surface area contributed by atoms with E-state index in [2.05, 4.69) is 72.7 Å². The smallest absolute Gasteiger partial charge is 0.146 e. The van der Waals surface area contributed by atoms with Crippen molar-refractivity contribution in [3.63, 3.8) is 0 Å². The third kappa shape index (κ3) is 2.06. The van der Waals surface area contributed by atoms with Crippen LogP contribution in [0.25, 0.3) is 27.3 Å². The van der Waals surface area contributed by atoms with Crippen LogP contribution < -0.4 is 4.90 Å². The average molecular weight is 380 g/mol. The predicted molar refractivity (Wildman–Crippen MR) is 104 cm³/mol. The number of aromatic nitrogens is 2. The van der Waals surface area contributed by atoms with Crippen molar-refractivity contribution in [2.24, 2.45) is 0 Å². The van der Waals surface area contributed by atoms with Crippen molar-refractivity contribution in [1.29, 1.82) is 0 Å². The minimum absolute atomic E-state index is 0.999. The molecule has 0 atom stereocenters. The van der Waals surface area contributed by atoms with E-state index in [4.69, 9.17) is 0 Å². The fraction of sp³-hybridized carbons (Fsp3) is 0.250. The van der Waals surface area contributed by atoms with Crippen molar-refractivity contribution in [3.8, 4) is 0 Å². The summed E-state index contributed by atoms with van der Waals surface area (Å²) < 4.78 is 3.21. The summed E-state index contributed by atoms with van der Waals surface area (Å²) in [7, 11) is 0. The summed E-state index contributed by atoms with van der Waals surface area (Å²) in [4.78, 5) is 7.13. The first-order chi connectivity index (χ1) is 11.8. The lowest BCUT2D eigenvalue weighted by Crippen LogP contribution is -2.29. The van der Waals surface area contributed by atoms with Crippen LogP contribution in [-0.4, -0.2) is 22.5 Å². The molecule has 5 rings (SSSR count). The highest BCUT2D eigenvalue weighted by Gasteiger charge is 2.15. The largest absolute Gasteiger partial charge is 0.372 e. The quantitative estimate of drug-likeness (QED) is 0.413. The standard InChI is InChI=1S/C20H18BrN3/c21-19-13-22-20-16-7-3-2-6-15(16)17-12-14(8-9-18(17)24(19)20)23-10-4-1-5-11-23/h2-3,6-9,12-13H,1,4-5,10-11H2. The van der Waals surface area contributed by atoms with Crippen LogP contribution in [0.4, 0.5) is 5.69 Å². The summed E-state index contributed by atoms with van der Waals surface area (Å²) in [6.45, 7) is 2.33. The summed E-state index contributed by atoms with van der Waals surface area (Å²) in [5, 5.41) is 3.77. The number of imidazole rings is 1. The normalized spacial score (nSPS) is 15.6. The molecule has 1 fully saturated rings. The molecule has 0 bridgehead atoms. The predicted octanol–water partition coefficient (Wildman–Crippen LogP) is 5.39. The van der Waals surface area contributed by atoms with Gasteiger partial charge < -0.3 is 4.90 Å². The minimum atomic E-state index is 0.999. The summed E-state index contributed by atoms with van der Waals surface area (Å²) in [5.41, 5.74) is 3.55. The second-order valence-electron chi connectivity index (χ2n) is 6.53. The molecule has 1 aliphatic heterocycles. The van der Waals surface area contributed by atoms with Gasteiger partial charge in [-0.3, -0.25) is 4.40 Å². The number of fused-ring (bicyclic) bond motifs is 6. The fourth-order valence-electron chi connectivity index (χ4n) is 3.95. The molecular formula is C20H18BrN3. The molecule has 0 N–H and O–H groups in total. The van der Waals surface area contributed by atoms with Crippen LogP contribution in [0, 0.1) is 0 Å². The van der Waals surface area contributed by atoms with Gasteiger partial charge >= 0.3 is 0 Å². The van der Waals surface area contributed by atoms with Crippen LogP contribution in [-0.2, 0) is 0 Å². The van der Waals surface area contributed by atoms with E-state index in [0.717, 1.165) is 10.3 Å². The molecule has 2 aromatic heterocycles. The van der Waals surface area contributed by atoms with Crippen LogP contribution in [0.3, 0.4) is 0 Å². The molecule has 24 heavy (non-hydrogen) atoms. The van der Waals surface area contributed by atoms with Gasteiger partial charge in [0, 0.05) is 29.5 Å². The Labute approximate surface area is 149 Å². The Morgan fingerprint density at radius 1 is 0.875 bits per heavy atom. The molecule has 0 amide bonds. The molecule has 2 aromatic carbocycles. The fourth-order valence-corrected chi connectivity index (χ4v) is 4.41. The monoisotopic (exact) mass is 379 g/mol. The second kappa shape index (κ2) is 5.49. The van der Waals surface area contributed by atoms with Crippen LogP contribution in [0.1, 0.15) is 19.3 Å². The van der Waals surface area contributed by atoms with Gasteiger partial charge in [0.25, 0.3) is 0 Å². The van der Waals surface area contributed by atoms with Gasteiger partial charge in [-0.05, 0) is 58.8 Å². The topological polar surface area (TPSA) is 20.5 Å². The zero-order valence-electron chi connectivity index (χ0n) is 13.4. The van der Waals surface area contributed by atoms with E-state index < -0.39 is 0 Å². The third-order valence-electron chi connectivity index (χ3n) is 5.12. The SMILES string of the molecule is Brc1cnc2c3ccccc3c3cc(N4CCCCC4)ccc3n12. The van der Waals surface area contributed by atoms with E-state index in [1.165, 1.54) is 59.7 Å². The van der Waals surface area contributed by atoms with Crippen LogP contribution in [0.5, 0.6) is 0 Å². The molecule has 1 saturated heterocycles. The van der Waals surface area contributed by atoms with Gasteiger partial charge in [0.2, 0.25) is 0 Å². The van der Waals surface area contributed by atoms with E-state index >= 15 is 0 Å². The van der Waals surface area contributed by atoms with E-state index in [1.807, 2.05) is 6.20 Å². The molecule has 3 nitrogen and oxygen atoms in total. The van der Waals surface area contributed by atoms with Gasteiger partial charge in [0.05, 0.1) is 11.7 Å². The molecule has 0 unspecified atom stereocenters. The number of halogens is 1. The summed E-state index contributed by atoms with van der Waals surface area (Å²) in [6.07, 6.45) is 5.84. The van der Waals surface area contributed by atoms with E-state index in [0.29, 0.717) is 0 Å². The Morgan fingerprint density at radius 3 is 2.50 bits per heavy atom. The van der Waals surface area contributed by atoms with Gasteiger partial charge in [-0.25, -0.2) is 4.98 Å². The van der Waals surface area contributed by atoms with Crippen molar-refractivity contribution in [3.05, 3.63) is 53.3 Å². The highest BCUT2D eigenvalue weighted by Crippen LogP contribution is 2.34. The van der Waals surface area contributed by atoms with Crippen molar-refractivity contribution in [2.45, 2.75) is 19.3 Å². The van der Waals surface area contributed by atoms with Gasteiger partial charge in [-0.2, -0.15) is 0 Å². The van der Waals surface area contributed by atoms with E-state index in [-0.39, 0.29) is 0 Å². The Hall–Kier alpha value is -2.07. The van der Waals surface area contributed by atoms with Crippen LogP contribution >= 0.6 is 15.9 Å². The maximum absolute atomic E-state index is 4.61. The lowest BCUT2D eigenvalue weighted by atomic mass is 10.0. The maximum atomic E-state index is 4.61. The number of anilines is 1. The Balaban J connectivity index is 1.86. The summed E-state index contributed by atoms with van der Waals surface area (Å²) in [5.74, 6) is 0. The lowest BCUT2D eigenvalue weighted by molar-refractivity contribution is 0.578. The number of piperidine rings is 1. The highest BCUT2D eigenvalue weighted by atomic mass is 79.9. The first kappa shape index (κ1) is 14.3. The average Bonchev–Trinajstić information content (AvgIpc) is 3.04. The lowest BCUT2D eigenvalue weighted by Gasteiger charge is -2.29. The van der Waals surface area contributed by atoms with Crippen LogP contribution in [0.15, 0.2) is 53.3 Å².